The summed E-state index contributed by atoms with van der Waals surface area (Å²) in [6.07, 6.45) is 0. The van der Waals surface area contributed by atoms with Gasteiger partial charge < -0.3 is 5.11 Å². The molecule has 1 amide bonds. The van der Waals surface area contributed by atoms with E-state index in [1.807, 2.05) is 13.8 Å². The van der Waals surface area contributed by atoms with E-state index in [1.54, 1.807) is 0 Å². The number of carbonyl (C=O) groups is 1. The monoisotopic (exact) mass is 174 g/mol. The second-order valence-corrected chi connectivity index (χ2v) is 3.25. The summed E-state index contributed by atoms with van der Waals surface area (Å²) in [5.74, 6) is 0.489. The fraction of sp³-hybridized carbons (Fsp3) is 0.875. The molecule has 0 heterocycles. The fourth-order valence-electron chi connectivity index (χ4n) is 0.818. The van der Waals surface area contributed by atoms with Crippen molar-refractivity contribution in [1.82, 2.24) is 10.9 Å². The zero-order valence-corrected chi connectivity index (χ0v) is 7.92. The summed E-state index contributed by atoms with van der Waals surface area (Å²) in [6.45, 7) is 6.26. The third-order valence-electron chi connectivity index (χ3n) is 1.81. The summed E-state index contributed by atoms with van der Waals surface area (Å²) in [7, 11) is 0. The van der Waals surface area contributed by atoms with Gasteiger partial charge in [-0.25, -0.2) is 5.43 Å². The quantitative estimate of drug-likeness (QED) is 0.510. The number of aliphatic hydroxyl groups is 1. The van der Waals surface area contributed by atoms with Gasteiger partial charge in [0.25, 0.3) is 0 Å². The van der Waals surface area contributed by atoms with Gasteiger partial charge in [-0.1, -0.05) is 13.8 Å². The Balaban J connectivity index is 3.51. The lowest BCUT2D eigenvalue weighted by Crippen LogP contribution is -2.40. The average molecular weight is 174 g/mol. The highest BCUT2D eigenvalue weighted by Crippen LogP contribution is 2.07. The number of rotatable bonds is 5. The fourth-order valence-corrected chi connectivity index (χ4v) is 0.818. The van der Waals surface area contributed by atoms with Gasteiger partial charge in [-0.2, -0.15) is 0 Å². The molecule has 0 rings (SSSR count). The zero-order chi connectivity index (χ0) is 9.56. The van der Waals surface area contributed by atoms with Crippen LogP contribution in [-0.4, -0.2) is 24.2 Å². The highest BCUT2D eigenvalue weighted by Gasteiger charge is 2.11. The summed E-state index contributed by atoms with van der Waals surface area (Å²) in [6, 6.07) is 0. The van der Waals surface area contributed by atoms with Gasteiger partial charge in [-0.05, 0) is 11.8 Å². The molecule has 0 radical (unpaired) electrons. The van der Waals surface area contributed by atoms with Crippen molar-refractivity contribution >= 4 is 5.91 Å². The second-order valence-electron chi connectivity index (χ2n) is 3.25. The molecule has 0 aromatic rings. The van der Waals surface area contributed by atoms with Gasteiger partial charge >= 0.3 is 0 Å². The summed E-state index contributed by atoms with van der Waals surface area (Å²) in [5.41, 5.74) is 5.22. The van der Waals surface area contributed by atoms with Crippen LogP contribution in [0.15, 0.2) is 0 Å². The number of aliphatic hydroxyl groups excluding tert-OH is 1. The van der Waals surface area contributed by atoms with E-state index < -0.39 is 0 Å². The van der Waals surface area contributed by atoms with E-state index in [0.717, 1.165) is 0 Å². The van der Waals surface area contributed by atoms with Crippen molar-refractivity contribution in [3.05, 3.63) is 0 Å². The van der Waals surface area contributed by atoms with E-state index in [-0.39, 0.29) is 18.4 Å². The van der Waals surface area contributed by atoms with Crippen LogP contribution in [0.1, 0.15) is 20.8 Å². The maximum atomic E-state index is 10.4. The predicted octanol–water partition coefficient (Wildman–Crippen LogP) is -0.108. The molecule has 0 aliphatic heterocycles. The van der Waals surface area contributed by atoms with Gasteiger partial charge in [0, 0.05) is 20.1 Å². The Morgan fingerprint density at radius 1 is 1.50 bits per heavy atom. The Bertz CT molecular complexity index is 137. The lowest BCUT2D eigenvalue weighted by molar-refractivity contribution is -0.120. The molecule has 0 saturated heterocycles. The first-order valence-corrected chi connectivity index (χ1v) is 4.18. The molecule has 0 bridgehead atoms. The molecule has 0 aromatic carbocycles. The van der Waals surface area contributed by atoms with E-state index in [0.29, 0.717) is 12.5 Å². The molecule has 0 fully saturated rings. The number of hydrogen-bond donors (Lipinski definition) is 3. The maximum Gasteiger partial charge on any atom is 0.230 e. The SMILES string of the molecule is CC(=O)NNCC(CO)C(C)C. The Morgan fingerprint density at radius 3 is 2.42 bits per heavy atom. The standard InChI is InChI=1S/C8H18N2O2/c1-6(2)8(5-11)4-9-10-7(3)12/h6,8-9,11H,4-5H2,1-3H3,(H,10,12). The van der Waals surface area contributed by atoms with Crippen LogP contribution in [0.3, 0.4) is 0 Å². The van der Waals surface area contributed by atoms with E-state index in [9.17, 15) is 4.79 Å². The van der Waals surface area contributed by atoms with Crippen molar-refractivity contribution in [3.8, 4) is 0 Å². The lowest BCUT2D eigenvalue weighted by Gasteiger charge is -2.18. The Morgan fingerprint density at radius 2 is 2.08 bits per heavy atom. The first-order valence-electron chi connectivity index (χ1n) is 4.18. The number of amides is 1. The molecule has 0 saturated carbocycles. The Kier molecular flexibility index (Phi) is 5.66. The van der Waals surface area contributed by atoms with Crippen LogP contribution in [0.2, 0.25) is 0 Å². The van der Waals surface area contributed by atoms with Gasteiger partial charge in [0.1, 0.15) is 0 Å². The largest absolute Gasteiger partial charge is 0.396 e. The van der Waals surface area contributed by atoms with Crippen molar-refractivity contribution in [3.63, 3.8) is 0 Å². The molecular formula is C8H18N2O2. The smallest absolute Gasteiger partial charge is 0.230 e. The number of hydrazine groups is 1. The van der Waals surface area contributed by atoms with E-state index in [1.165, 1.54) is 6.92 Å². The first kappa shape index (κ1) is 11.4. The minimum absolute atomic E-state index is 0.115. The van der Waals surface area contributed by atoms with Crippen molar-refractivity contribution in [1.29, 1.82) is 0 Å². The summed E-state index contributed by atoms with van der Waals surface area (Å²) >= 11 is 0. The normalized spacial score (nSPS) is 13.1. The Labute approximate surface area is 73.3 Å². The van der Waals surface area contributed by atoms with Gasteiger partial charge in [0.15, 0.2) is 0 Å². The highest BCUT2D eigenvalue weighted by atomic mass is 16.3. The van der Waals surface area contributed by atoms with Crippen LogP contribution in [0.4, 0.5) is 0 Å². The molecule has 1 atom stereocenters. The second kappa shape index (κ2) is 5.97. The number of hydrogen-bond acceptors (Lipinski definition) is 3. The van der Waals surface area contributed by atoms with Gasteiger partial charge in [-0.3, -0.25) is 10.2 Å². The molecule has 1 unspecified atom stereocenters. The number of carbonyl (C=O) groups excluding carboxylic acids is 1. The topological polar surface area (TPSA) is 61.4 Å². The molecule has 4 heteroatoms. The summed E-state index contributed by atoms with van der Waals surface area (Å²) in [5, 5.41) is 8.91. The first-order chi connectivity index (χ1) is 5.57. The Hall–Kier alpha value is -0.610. The average Bonchev–Trinajstić information content (AvgIpc) is 1.96. The van der Waals surface area contributed by atoms with Gasteiger partial charge in [0.2, 0.25) is 5.91 Å². The van der Waals surface area contributed by atoms with Gasteiger partial charge in [0.05, 0.1) is 0 Å². The van der Waals surface area contributed by atoms with Crippen molar-refractivity contribution in [2.45, 2.75) is 20.8 Å². The van der Waals surface area contributed by atoms with Crippen LogP contribution in [0.5, 0.6) is 0 Å². The summed E-state index contributed by atoms with van der Waals surface area (Å²) in [4.78, 5) is 10.4. The van der Waals surface area contributed by atoms with Crippen LogP contribution in [-0.2, 0) is 4.79 Å². The van der Waals surface area contributed by atoms with Crippen molar-refractivity contribution in [2.24, 2.45) is 11.8 Å². The van der Waals surface area contributed by atoms with Crippen LogP contribution >= 0.6 is 0 Å². The molecule has 0 aliphatic carbocycles. The van der Waals surface area contributed by atoms with Crippen molar-refractivity contribution in [2.75, 3.05) is 13.2 Å². The molecule has 3 N–H and O–H groups in total. The maximum absolute atomic E-state index is 10.4. The molecule has 0 aromatic heterocycles. The molecule has 72 valence electrons. The van der Waals surface area contributed by atoms with Crippen LogP contribution in [0.25, 0.3) is 0 Å². The molecule has 0 spiro atoms. The van der Waals surface area contributed by atoms with Crippen LogP contribution in [0, 0.1) is 11.8 Å². The minimum Gasteiger partial charge on any atom is -0.396 e. The van der Waals surface area contributed by atoms with Gasteiger partial charge in [-0.15, -0.1) is 0 Å². The van der Waals surface area contributed by atoms with E-state index in [4.69, 9.17) is 5.11 Å². The molecule has 4 nitrogen and oxygen atoms in total. The summed E-state index contributed by atoms with van der Waals surface area (Å²) < 4.78 is 0. The van der Waals surface area contributed by atoms with E-state index >= 15 is 0 Å². The molecular weight excluding hydrogens is 156 g/mol. The molecule has 12 heavy (non-hydrogen) atoms. The lowest BCUT2D eigenvalue weighted by atomic mass is 9.97. The third-order valence-corrected chi connectivity index (χ3v) is 1.81. The predicted molar refractivity (Wildman–Crippen MR) is 47.2 cm³/mol. The van der Waals surface area contributed by atoms with Crippen LogP contribution < -0.4 is 10.9 Å². The molecule has 0 aliphatic rings. The highest BCUT2D eigenvalue weighted by molar-refractivity contribution is 5.72. The number of nitrogens with one attached hydrogen (secondary N) is 2. The zero-order valence-electron chi connectivity index (χ0n) is 7.92. The van der Waals surface area contributed by atoms with Crippen molar-refractivity contribution < 1.29 is 9.90 Å². The van der Waals surface area contributed by atoms with E-state index in [2.05, 4.69) is 10.9 Å². The third kappa shape index (κ3) is 5.09. The minimum atomic E-state index is -0.115.